The summed E-state index contributed by atoms with van der Waals surface area (Å²) in [5.41, 5.74) is 5.17. The number of primary amides is 1. The monoisotopic (exact) mass is 440 g/mol. The molecule has 3 aromatic carbocycles. The van der Waals surface area contributed by atoms with Gasteiger partial charge in [-0.2, -0.15) is 13.2 Å². The highest BCUT2D eigenvalue weighted by Crippen LogP contribution is 2.31. The highest BCUT2D eigenvalue weighted by molar-refractivity contribution is 6.09. The van der Waals surface area contributed by atoms with Gasteiger partial charge in [0, 0.05) is 17.5 Å². The molecule has 0 unspecified atom stereocenters. The molecule has 0 saturated carbocycles. The predicted molar refractivity (Wildman–Crippen MR) is 112 cm³/mol. The van der Waals surface area contributed by atoms with E-state index in [9.17, 15) is 27.6 Å². The second kappa shape index (κ2) is 9.47. The van der Waals surface area contributed by atoms with Crippen LogP contribution in [0.5, 0.6) is 0 Å². The fourth-order valence-corrected chi connectivity index (χ4v) is 3.17. The van der Waals surface area contributed by atoms with Crippen molar-refractivity contribution in [1.82, 2.24) is 5.32 Å². The van der Waals surface area contributed by atoms with Crippen molar-refractivity contribution >= 4 is 17.6 Å². The lowest BCUT2D eigenvalue weighted by atomic mass is 9.99. The third-order valence-corrected chi connectivity index (χ3v) is 4.82. The molecule has 0 saturated heterocycles. The van der Waals surface area contributed by atoms with Crippen molar-refractivity contribution in [2.45, 2.75) is 18.6 Å². The largest absolute Gasteiger partial charge is 0.417 e. The molecule has 32 heavy (non-hydrogen) atoms. The molecule has 3 aromatic rings. The Bertz CT molecular complexity index is 1130. The van der Waals surface area contributed by atoms with E-state index >= 15 is 0 Å². The summed E-state index contributed by atoms with van der Waals surface area (Å²) in [4.78, 5) is 36.8. The Balaban J connectivity index is 1.75. The van der Waals surface area contributed by atoms with Gasteiger partial charge in [0.05, 0.1) is 11.1 Å². The molecule has 0 bridgehead atoms. The molecule has 1 atom stereocenters. The van der Waals surface area contributed by atoms with Gasteiger partial charge in [-0.05, 0) is 17.7 Å². The van der Waals surface area contributed by atoms with Gasteiger partial charge in [0.2, 0.25) is 5.91 Å². The van der Waals surface area contributed by atoms with Gasteiger partial charge in [-0.1, -0.05) is 66.7 Å². The third kappa shape index (κ3) is 5.40. The number of rotatable bonds is 7. The van der Waals surface area contributed by atoms with Crippen LogP contribution in [0.25, 0.3) is 0 Å². The van der Waals surface area contributed by atoms with E-state index in [4.69, 9.17) is 5.73 Å². The number of carbonyl (C=O) groups excluding carboxylic acids is 3. The minimum absolute atomic E-state index is 0.0466. The van der Waals surface area contributed by atoms with E-state index in [-0.39, 0.29) is 12.2 Å². The molecule has 0 heterocycles. The number of hydrogen-bond acceptors (Lipinski definition) is 3. The van der Waals surface area contributed by atoms with Crippen LogP contribution >= 0.6 is 0 Å². The van der Waals surface area contributed by atoms with E-state index < -0.39 is 35.2 Å². The van der Waals surface area contributed by atoms with Gasteiger partial charge in [0.25, 0.3) is 5.91 Å². The maximum atomic E-state index is 13.2. The molecule has 0 aliphatic carbocycles. The van der Waals surface area contributed by atoms with Crippen LogP contribution in [0.3, 0.4) is 0 Å². The number of amides is 2. The summed E-state index contributed by atoms with van der Waals surface area (Å²) >= 11 is 0. The lowest BCUT2D eigenvalue weighted by Crippen LogP contribution is -2.46. The number of hydrogen-bond donors (Lipinski definition) is 2. The zero-order valence-electron chi connectivity index (χ0n) is 16.7. The highest BCUT2D eigenvalue weighted by Gasteiger charge is 2.35. The zero-order chi connectivity index (χ0) is 23.3. The Hall–Kier alpha value is -3.94. The molecular formula is C24H19F3N2O3. The lowest BCUT2D eigenvalue weighted by Gasteiger charge is -2.18. The first-order valence-electron chi connectivity index (χ1n) is 9.62. The average molecular weight is 440 g/mol. The molecule has 0 aliphatic rings. The van der Waals surface area contributed by atoms with Crippen molar-refractivity contribution in [3.63, 3.8) is 0 Å². The first kappa shape index (κ1) is 22.7. The topological polar surface area (TPSA) is 89.3 Å². The fraction of sp³-hybridized carbons (Fsp3) is 0.125. The van der Waals surface area contributed by atoms with E-state index in [1.165, 1.54) is 12.1 Å². The number of benzene rings is 3. The van der Waals surface area contributed by atoms with Gasteiger partial charge >= 0.3 is 6.18 Å². The Kier molecular flexibility index (Phi) is 6.73. The van der Waals surface area contributed by atoms with Crippen LogP contribution in [-0.2, 0) is 17.4 Å². The smallest absolute Gasteiger partial charge is 0.368 e. The molecule has 5 nitrogen and oxygen atoms in total. The van der Waals surface area contributed by atoms with Gasteiger partial charge in [0.1, 0.15) is 6.04 Å². The molecule has 164 valence electrons. The van der Waals surface area contributed by atoms with E-state index in [2.05, 4.69) is 5.32 Å². The Morgan fingerprint density at radius 2 is 1.38 bits per heavy atom. The van der Waals surface area contributed by atoms with Crippen LogP contribution in [0.4, 0.5) is 13.2 Å². The summed E-state index contributed by atoms with van der Waals surface area (Å²) < 4.78 is 39.5. The van der Waals surface area contributed by atoms with Crippen LogP contribution in [0.1, 0.15) is 37.4 Å². The summed E-state index contributed by atoms with van der Waals surface area (Å²) in [6.07, 6.45) is -4.77. The van der Waals surface area contributed by atoms with Crippen molar-refractivity contribution in [3.05, 3.63) is 107 Å². The Morgan fingerprint density at radius 1 is 0.812 bits per heavy atom. The van der Waals surface area contributed by atoms with E-state index in [1.807, 2.05) is 0 Å². The quantitative estimate of drug-likeness (QED) is 0.549. The fourth-order valence-electron chi connectivity index (χ4n) is 3.17. The SMILES string of the molecule is NC(=O)[C@H](Cc1ccc(C(=O)c2ccccc2)cc1)NC(=O)c1ccccc1C(F)(F)F. The van der Waals surface area contributed by atoms with E-state index in [0.717, 1.165) is 12.1 Å². The molecule has 0 aromatic heterocycles. The van der Waals surface area contributed by atoms with Crippen molar-refractivity contribution in [1.29, 1.82) is 0 Å². The lowest BCUT2D eigenvalue weighted by molar-refractivity contribution is -0.137. The number of ketones is 1. The highest BCUT2D eigenvalue weighted by atomic mass is 19.4. The maximum Gasteiger partial charge on any atom is 0.417 e. The van der Waals surface area contributed by atoms with Crippen LogP contribution in [0.2, 0.25) is 0 Å². The normalized spacial score (nSPS) is 12.1. The van der Waals surface area contributed by atoms with Crippen LogP contribution in [0.15, 0.2) is 78.9 Å². The van der Waals surface area contributed by atoms with Gasteiger partial charge in [0.15, 0.2) is 5.78 Å². The summed E-state index contributed by atoms with van der Waals surface area (Å²) in [5.74, 6) is -2.13. The molecule has 0 radical (unpaired) electrons. The van der Waals surface area contributed by atoms with E-state index in [0.29, 0.717) is 16.7 Å². The van der Waals surface area contributed by atoms with Crippen LogP contribution < -0.4 is 11.1 Å². The second-order valence-electron chi connectivity index (χ2n) is 7.07. The predicted octanol–water partition coefficient (Wildman–Crippen LogP) is 3.76. The summed E-state index contributed by atoms with van der Waals surface area (Å²) in [6, 6.07) is 18.1. The summed E-state index contributed by atoms with van der Waals surface area (Å²) in [5, 5.41) is 2.28. The molecule has 0 aliphatic heterocycles. The number of nitrogens with one attached hydrogen (secondary N) is 1. The molecule has 8 heteroatoms. The van der Waals surface area contributed by atoms with Crippen molar-refractivity contribution in [3.8, 4) is 0 Å². The van der Waals surface area contributed by atoms with Crippen molar-refractivity contribution < 1.29 is 27.6 Å². The van der Waals surface area contributed by atoms with Crippen molar-refractivity contribution in [2.24, 2.45) is 5.73 Å². The number of carbonyl (C=O) groups is 3. The second-order valence-corrected chi connectivity index (χ2v) is 7.07. The minimum atomic E-state index is -4.72. The first-order valence-corrected chi connectivity index (χ1v) is 9.62. The van der Waals surface area contributed by atoms with E-state index in [1.54, 1.807) is 54.6 Å². The number of alkyl halides is 3. The molecule has 0 fully saturated rings. The maximum absolute atomic E-state index is 13.2. The van der Waals surface area contributed by atoms with Gasteiger partial charge < -0.3 is 11.1 Å². The standard InChI is InChI=1S/C24H19F3N2O3/c25-24(26,27)19-9-5-4-8-18(19)23(32)29-20(22(28)31)14-15-10-12-17(13-11-15)21(30)16-6-2-1-3-7-16/h1-13,20H,14H2,(H2,28,31)(H,29,32)/t20-/m0/s1. The zero-order valence-corrected chi connectivity index (χ0v) is 16.7. The summed E-state index contributed by atoms with van der Waals surface area (Å²) in [7, 11) is 0. The third-order valence-electron chi connectivity index (χ3n) is 4.82. The van der Waals surface area contributed by atoms with Gasteiger partial charge in [-0.15, -0.1) is 0 Å². The molecular weight excluding hydrogens is 421 g/mol. The number of halogens is 3. The Labute approximate surface area is 182 Å². The van der Waals surface area contributed by atoms with Crippen molar-refractivity contribution in [2.75, 3.05) is 0 Å². The van der Waals surface area contributed by atoms with Gasteiger partial charge in [-0.25, -0.2) is 0 Å². The first-order chi connectivity index (χ1) is 15.2. The average Bonchev–Trinajstić information content (AvgIpc) is 2.78. The summed E-state index contributed by atoms with van der Waals surface area (Å²) in [6.45, 7) is 0. The minimum Gasteiger partial charge on any atom is -0.368 e. The van der Waals surface area contributed by atoms with Gasteiger partial charge in [-0.3, -0.25) is 14.4 Å². The number of nitrogens with two attached hydrogens (primary N) is 1. The van der Waals surface area contributed by atoms with Crippen LogP contribution in [-0.4, -0.2) is 23.6 Å². The molecule has 3 rings (SSSR count). The Morgan fingerprint density at radius 3 is 1.97 bits per heavy atom. The molecule has 0 spiro atoms. The molecule has 2 amide bonds. The van der Waals surface area contributed by atoms with Crippen LogP contribution in [0, 0.1) is 0 Å². The molecule has 3 N–H and O–H groups in total.